The molecule has 5 heteroatoms. The summed E-state index contributed by atoms with van der Waals surface area (Å²) in [6.45, 7) is 4.20. The number of amides is 1. The summed E-state index contributed by atoms with van der Waals surface area (Å²) < 4.78 is 0. The highest BCUT2D eigenvalue weighted by Gasteiger charge is 2.22. The topological polar surface area (TPSA) is 89.8 Å². The maximum Gasteiger partial charge on any atom is 0.249 e. The Balaban J connectivity index is 3.63. The number of carbonyl (C=O) groups excluding carboxylic acids is 1. The lowest BCUT2D eigenvalue weighted by atomic mass is 10.0. The van der Waals surface area contributed by atoms with Crippen molar-refractivity contribution in [2.75, 3.05) is 6.61 Å². The average Bonchev–Trinajstić information content (AvgIpc) is 3.22. The monoisotopic (exact) mass is 804 g/mol. The minimum Gasteiger partial charge on any atom is -0.394 e. The summed E-state index contributed by atoms with van der Waals surface area (Å²) in [6.07, 6.45) is 59.5. The number of nitrogens with one attached hydrogen (secondary N) is 1. The highest BCUT2D eigenvalue weighted by Crippen LogP contribution is 2.17. The van der Waals surface area contributed by atoms with Crippen molar-refractivity contribution in [2.45, 2.75) is 295 Å². The zero-order valence-electron chi connectivity index (χ0n) is 38.5. The Hall–Kier alpha value is -1.17. The van der Waals surface area contributed by atoms with Crippen LogP contribution < -0.4 is 5.32 Å². The van der Waals surface area contributed by atoms with E-state index in [1.807, 2.05) is 6.08 Å². The molecule has 5 nitrogen and oxygen atoms in total. The van der Waals surface area contributed by atoms with Crippen molar-refractivity contribution in [2.24, 2.45) is 0 Å². The number of allylic oxidation sites excluding steroid dienone is 3. The second kappa shape index (κ2) is 47.5. The van der Waals surface area contributed by atoms with E-state index >= 15 is 0 Å². The third kappa shape index (κ3) is 42.8. The van der Waals surface area contributed by atoms with Crippen LogP contribution in [0.1, 0.15) is 277 Å². The van der Waals surface area contributed by atoms with E-state index < -0.39 is 24.2 Å². The Bertz CT molecular complexity index is 844. The van der Waals surface area contributed by atoms with Gasteiger partial charge in [-0.3, -0.25) is 4.79 Å². The van der Waals surface area contributed by atoms with E-state index in [2.05, 4.69) is 31.3 Å². The van der Waals surface area contributed by atoms with Gasteiger partial charge in [0, 0.05) is 0 Å². The Morgan fingerprint density at radius 1 is 0.421 bits per heavy atom. The molecule has 0 rings (SSSR count). The molecule has 4 N–H and O–H groups in total. The Morgan fingerprint density at radius 3 is 1.07 bits per heavy atom. The van der Waals surface area contributed by atoms with Crippen LogP contribution in [0.3, 0.4) is 0 Å². The van der Waals surface area contributed by atoms with Crippen molar-refractivity contribution in [1.82, 2.24) is 5.32 Å². The van der Waals surface area contributed by atoms with Gasteiger partial charge in [-0.05, 0) is 32.1 Å². The highest BCUT2D eigenvalue weighted by molar-refractivity contribution is 5.80. The number of unbranched alkanes of at least 4 members (excludes halogenated alkanes) is 37. The summed E-state index contributed by atoms with van der Waals surface area (Å²) in [6, 6.07) is -0.812. The van der Waals surface area contributed by atoms with Gasteiger partial charge < -0.3 is 20.6 Å². The first-order valence-corrected chi connectivity index (χ1v) is 25.7. The minimum absolute atomic E-state index is 0.372. The van der Waals surface area contributed by atoms with Gasteiger partial charge in [-0.2, -0.15) is 0 Å². The largest absolute Gasteiger partial charge is 0.394 e. The molecule has 3 unspecified atom stereocenters. The third-order valence-corrected chi connectivity index (χ3v) is 12.0. The van der Waals surface area contributed by atoms with Gasteiger partial charge in [0.05, 0.1) is 18.8 Å². The molecule has 338 valence electrons. The fourth-order valence-electron chi connectivity index (χ4n) is 8.03. The summed E-state index contributed by atoms with van der Waals surface area (Å²) >= 11 is 0. The molecular weight excluding hydrogens is 703 g/mol. The summed E-state index contributed by atoms with van der Waals surface area (Å²) in [5.74, 6) is -0.508. The predicted octanol–water partition coefficient (Wildman–Crippen LogP) is 15.3. The predicted molar refractivity (Wildman–Crippen MR) is 250 cm³/mol. The molecule has 0 heterocycles. The van der Waals surface area contributed by atoms with Crippen LogP contribution in [0.4, 0.5) is 0 Å². The smallest absolute Gasteiger partial charge is 0.249 e. The van der Waals surface area contributed by atoms with Crippen LogP contribution >= 0.6 is 0 Å². The molecule has 0 spiro atoms. The summed E-state index contributed by atoms with van der Waals surface area (Å²) in [7, 11) is 0. The number of aliphatic hydroxyl groups is 3. The van der Waals surface area contributed by atoms with Crippen molar-refractivity contribution < 1.29 is 20.1 Å². The van der Waals surface area contributed by atoms with E-state index in [1.165, 1.54) is 218 Å². The van der Waals surface area contributed by atoms with Crippen LogP contribution in [0, 0.1) is 0 Å². The first-order valence-electron chi connectivity index (χ1n) is 25.7. The van der Waals surface area contributed by atoms with Gasteiger partial charge in [0.1, 0.15) is 6.10 Å². The van der Waals surface area contributed by atoms with Crippen LogP contribution in [0.2, 0.25) is 0 Å². The number of rotatable bonds is 47. The molecular formula is C52H101NO4. The van der Waals surface area contributed by atoms with Crippen LogP contribution in [0.25, 0.3) is 0 Å². The van der Waals surface area contributed by atoms with E-state index in [0.717, 1.165) is 38.5 Å². The summed E-state index contributed by atoms with van der Waals surface area (Å²) in [4.78, 5) is 12.5. The van der Waals surface area contributed by atoms with Gasteiger partial charge in [0.15, 0.2) is 0 Å². The van der Waals surface area contributed by atoms with Gasteiger partial charge in [-0.15, -0.1) is 0 Å². The molecule has 0 aromatic rings. The lowest BCUT2D eigenvalue weighted by Gasteiger charge is -2.21. The quantitative estimate of drug-likeness (QED) is 0.0364. The van der Waals surface area contributed by atoms with E-state index in [9.17, 15) is 20.1 Å². The van der Waals surface area contributed by atoms with Crippen molar-refractivity contribution in [3.63, 3.8) is 0 Å². The van der Waals surface area contributed by atoms with Gasteiger partial charge >= 0.3 is 0 Å². The number of hydrogen-bond acceptors (Lipinski definition) is 4. The molecule has 0 aliphatic heterocycles. The Morgan fingerprint density at radius 2 is 0.719 bits per heavy atom. The number of carbonyl (C=O) groups is 1. The maximum atomic E-state index is 12.5. The van der Waals surface area contributed by atoms with Crippen LogP contribution in [0.15, 0.2) is 24.3 Å². The lowest BCUT2D eigenvalue weighted by Crippen LogP contribution is -2.48. The van der Waals surface area contributed by atoms with Crippen molar-refractivity contribution >= 4 is 5.91 Å². The molecule has 0 saturated carbocycles. The Kier molecular flexibility index (Phi) is 46.5. The van der Waals surface area contributed by atoms with Gasteiger partial charge in [-0.1, -0.05) is 269 Å². The normalized spacial score (nSPS) is 13.6. The fourth-order valence-corrected chi connectivity index (χ4v) is 8.03. The van der Waals surface area contributed by atoms with Crippen molar-refractivity contribution in [1.29, 1.82) is 0 Å². The van der Waals surface area contributed by atoms with Gasteiger partial charge in [-0.25, -0.2) is 0 Å². The third-order valence-electron chi connectivity index (χ3n) is 12.0. The molecule has 57 heavy (non-hydrogen) atoms. The molecule has 0 aliphatic carbocycles. The second-order valence-electron chi connectivity index (χ2n) is 17.7. The lowest BCUT2D eigenvalue weighted by molar-refractivity contribution is -0.131. The average molecular weight is 804 g/mol. The van der Waals surface area contributed by atoms with Gasteiger partial charge in [0.2, 0.25) is 5.91 Å². The molecule has 0 bridgehead atoms. The van der Waals surface area contributed by atoms with Crippen molar-refractivity contribution in [3.8, 4) is 0 Å². The van der Waals surface area contributed by atoms with Crippen LogP contribution in [-0.4, -0.2) is 46.1 Å². The maximum absolute atomic E-state index is 12.5. The van der Waals surface area contributed by atoms with Crippen LogP contribution in [-0.2, 0) is 4.79 Å². The van der Waals surface area contributed by atoms with Crippen molar-refractivity contribution in [3.05, 3.63) is 24.3 Å². The zero-order valence-corrected chi connectivity index (χ0v) is 38.5. The number of aliphatic hydroxyl groups excluding tert-OH is 3. The molecule has 0 fully saturated rings. The van der Waals surface area contributed by atoms with E-state index in [1.54, 1.807) is 6.08 Å². The molecule has 3 atom stereocenters. The second-order valence-corrected chi connectivity index (χ2v) is 17.7. The van der Waals surface area contributed by atoms with E-state index in [0.29, 0.717) is 6.42 Å². The first kappa shape index (κ1) is 55.8. The molecule has 1 amide bonds. The SMILES string of the molecule is CCCCCCCCCCCCCCCCCC/C=C/CC/C=C/C(O)C(CO)NC(=O)C(O)CCCCCCCCCCCCCCCCCCCCCCC. The molecule has 0 aromatic carbocycles. The van der Waals surface area contributed by atoms with Crippen LogP contribution in [0.5, 0.6) is 0 Å². The first-order chi connectivity index (χ1) is 28.1. The minimum atomic E-state index is -1.10. The van der Waals surface area contributed by atoms with E-state index in [4.69, 9.17) is 0 Å². The molecule has 0 aromatic heterocycles. The standard InChI is InChI=1S/C52H101NO4/c1-3-5-7-9-11-13-15-17-19-21-23-25-27-28-30-32-34-36-38-40-42-44-46-50(55)49(48-54)53-52(57)51(56)47-45-43-41-39-37-35-33-31-29-26-24-22-20-18-16-14-12-10-8-6-4-2/h36,38,44,46,49-51,54-56H,3-35,37,39-43,45,47-48H2,1-2H3,(H,53,57)/b38-36+,46-44+. The zero-order chi connectivity index (χ0) is 41.5. The van der Waals surface area contributed by atoms with E-state index in [-0.39, 0.29) is 6.61 Å². The van der Waals surface area contributed by atoms with Gasteiger partial charge in [0.25, 0.3) is 0 Å². The summed E-state index contributed by atoms with van der Waals surface area (Å²) in [5, 5.41) is 33.3. The number of hydrogen-bond donors (Lipinski definition) is 4. The summed E-state index contributed by atoms with van der Waals surface area (Å²) in [5.41, 5.74) is 0. The fraction of sp³-hybridized carbons (Fsp3) is 0.904. The molecule has 0 aliphatic rings. The molecule has 0 saturated heterocycles. The highest BCUT2D eigenvalue weighted by atomic mass is 16.3. The molecule has 0 radical (unpaired) electrons. The Labute approximate surface area is 356 Å².